The number of hydrogen-bond donors (Lipinski definition) is 2. The first-order valence-corrected chi connectivity index (χ1v) is 8.53. The van der Waals surface area contributed by atoms with Gasteiger partial charge >= 0.3 is 0 Å². The van der Waals surface area contributed by atoms with Crippen LogP contribution in [0.4, 0.5) is 8.78 Å². The molecule has 1 aromatic carbocycles. The molecule has 1 fully saturated rings. The molecule has 2 aliphatic rings. The predicted octanol–water partition coefficient (Wildman–Crippen LogP) is 3.74. The smallest absolute Gasteiger partial charge is 0.250 e. The molecular weight excluding hydrogens is 320 g/mol. The van der Waals surface area contributed by atoms with Crippen LogP contribution in [0.25, 0.3) is 10.9 Å². The van der Waals surface area contributed by atoms with Crippen molar-refractivity contribution in [2.24, 2.45) is 0 Å². The second-order valence-corrected chi connectivity index (χ2v) is 7.06. The van der Waals surface area contributed by atoms with Gasteiger partial charge in [0.1, 0.15) is 0 Å². The Morgan fingerprint density at radius 2 is 2.04 bits per heavy atom. The molecule has 3 nitrogen and oxygen atoms in total. The molecule has 1 saturated heterocycles. The van der Waals surface area contributed by atoms with Crippen LogP contribution in [0.1, 0.15) is 30.1 Å². The molecule has 124 valence electrons. The van der Waals surface area contributed by atoms with Crippen LogP contribution in [0.3, 0.4) is 0 Å². The number of alkyl halides is 2. The zero-order valence-corrected chi connectivity index (χ0v) is 13.6. The second-order valence-electron chi connectivity index (χ2n) is 6.62. The summed E-state index contributed by atoms with van der Waals surface area (Å²) >= 11 is 6.13. The third-order valence-corrected chi connectivity index (χ3v) is 5.28. The molecule has 2 N–H and O–H groups in total. The summed E-state index contributed by atoms with van der Waals surface area (Å²) < 4.78 is 26.6. The van der Waals surface area contributed by atoms with E-state index in [4.69, 9.17) is 11.6 Å². The lowest BCUT2D eigenvalue weighted by Gasteiger charge is -2.35. The van der Waals surface area contributed by atoms with E-state index in [2.05, 4.69) is 15.2 Å². The highest BCUT2D eigenvalue weighted by atomic mass is 35.5. The normalized spacial score (nSPS) is 24.7. The van der Waals surface area contributed by atoms with Gasteiger partial charge in [-0.2, -0.15) is 0 Å². The third-order valence-electron chi connectivity index (χ3n) is 5.04. The van der Waals surface area contributed by atoms with Crippen LogP contribution in [0, 0.1) is 0 Å². The first-order chi connectivity index (χ1) is 11.0. The minimum Gasteiger partial charge on any atom is -0.357 e. The summed E-state index contributed by atoms with van der Waals surface area (Å²) in [6, 6.07) is 6.07. The maximum atomic E-state index is 13.3. The highest BCUT2D eigenvalue weighted by molar-refractivity contribution is 6.31. The van der Waals surface area contributed by atoms with E-state index < -0.39 is 5.92 Å². The van der Waals surface area contributed by atoms with Crippen molar-refractivity contribution < 1.29 is 8.78 Å². The van der Waals surface area contributed by atoms with Gasteiger partial charge in [0.05, 0.1) is 6.04 Å². The minimum absolute atomic E-state index is 0.0329. The molecule has 0 amide bonds. The van der Waals surface area contributed by atoms with Crippen molar-refractivity contribution in [3.8, 4) is 0 Å². The van der Waals surface area contributed by atoms with E-state index in [-0.39, 0.29) is 18.9 Å². The average Bonchev–Trinajstić information content (AvgIpc) is 2.88. The summed E-state index contributed by atoms with van der Waals surface area (Å²) in [7, 11) is 0. The van der Waals surface area contributed by atoms with Gasteiger partial charge in [-0.3, -0.25) is 0 Å². The number of halogens is 3. The fourth-order valence-electron chi connectivity index (χ4n) is 3.76. The molecule has 3 heterocycles. The Balaban J connectivity index is 1.57. The van der Waals surface area contributed by atoms with Crippen molar-refractivity contribution in [3.05, 3.63) is 34.5 Å². The Labute approximate surface area is 139 Å². The van der Waals surface area contributed by atoms with Crippen LogP contribution in [-0.4, -0.2) is 42.0 Å². The average molecular weight is 340 g/mol. The molecule has 4 rings (SSSR count). The fourth-order valence-corrected chi connectivity index (χ4v) is 3.93. The van der Waals surface area contributed by atoms with Gasteiger partial charge in [0, 0.05) is 54.1 Å². The largest absolute Gasteiger partial charge is 0.357 e. The van der Waals surface area contributed by atoms with Crippen molar-refractivity contribution in [3.63, 3.8) is 0 Å². The topological polar surface area (TPSA) is 31.1 Å². The highest BCUT2D eigenvalue weighted by Gasteiger charge is 2.35. The zero-order chi connectivity index (χ0) is 16.0. The Morgan fingerprint density at radius 1 is 1.26 bits per heavy atom. The Kier molecular flexibility index (Phi) is 3.82. The van der Waals surface area contributed by atoms with Crippen molar-refractivity contribution in [2.45, 2.75) is 31.2 Å². The monoisotopic (exact) mass is 339 g/mol. The molecule has 0 saturated carbocycles. The van der Waals surface area contributed by atoms with E-state index in [1.54, 1.807) is 0 Å². The Morgan fingerprint density at radius 3 is 2.83 bits per heavy atom. The first kappa shape index (κ1) is 15.4. The number of fused-ring (bicyclic) bond motifs is 3. The zero-order valence-electron chi connectivity index (χ0n) is 12.8. The summed E-state index contributed by atoms with van der Waals surface area (Å²) in [5.41, 5.74) is 3.60. The molecule has 0 bridgehead atoms. The molecule has 0 aliphatic carbocycles. The number of aromatic nitrogens is 1. The number of likely N-dealkylation sites (tertiary alicyclic amines) is 1. The number of nitrogens with zero attached hydrogens (tertiary/aromatic N) is 1. The summed E-state index contributed by atoms with van der Waals surface area (Å²) in [6.45, 7) is 2.60. The van der Waals surface area contributed by atoms with E-state index in [1.807, 2.05) is 18.2 Å². The third kappa shape index (κ3) is 2.97. The summed E-state index contributed by atoms with van der Waals surface area (Å²) in [6.07, 6.45) is 0.897. The number of piperidine rings is 1. The molecule has 1 atom stereocenters. The van der Waals surface area contributed by atoms with Crippen molar-refractivity contribution >= 4 is 22.5 Å². The van der Waals surface area contributed by atoms with Crippen LogP contribution in [-0.2, 0) is 6.42 Å². The lowest BCUT2D eigenvalue weighted by molar-refractivity contribution is -0.0565. The number of rotatable bonds is 2. The lowest BCUT2D eigenvalue weighted by atomic mass is 9.98. The molecule has 1 aromatic heterocycles. The van der Waals surface area contributed by atoms with E-state index in [9.17, 15) is 8.78 Å². The maximum absolute atomic E-state index is 13.3. The molecule has 23 heavy (non-hydrogen) atoms. The molecule has 6 heteroatoms. The highest BCUT2D eigenvalue weighted by Crippen LogP contribution is 2.33. The summed E-state index contributed by atoms with van der Waals surface area (Å²) in [4.78, 5) is 5.64. The lowest BCUT2D eigenvalue weighted by Crippen LogP contribution is -2.44. The van der Waals surface area contributed by atoms with Gasteiger partial charge in [-0.25, -0.2) is 8.78 Å². The quantitative estimate of drug-likeness (QED) is 0.873. The predicted molar refractivity (Wildman–Crippen MR) is 88.4 cm³/mol. The number of nitrogens with one attached hydrogen (secondary N) is 2. The van der Waals surface area contributed by atoms with Gasteiger partial charge in [-0.05, 0) is 36.7 Å². The van der Waals surface area contributed by atoms with E-state index in [0.717, 1.165) is 30.0 Å². The summed E-state index contributed by atoms with van der Waals surface area (Å²) in [5.74, 6) is -2.49. The van der Waals surface area contributed by atoms with Crippen molar-refractivity contribution in [2.75, 3.05) is 26.2 Å². The first-order valence-electron chi connectivity index (χ1n) is 8.15. The molecule has 0 spiro atoms. The van der Waals surface area contributed by atoms with Gasteiger partial charge in [-0.15, -0.1) is 0 Å². The van der Waals surface area contributed by atoms with Crippen LogP contribution >= 0.6 is 11.6 Å². The van der Waals surface area contributed by atoms with Gasteiger partial charge in [-0.1, -0.05) is 11.6 Å². The molecule has 2 aliphatic heterocycles. The standard InChI is InChI=1S/C17H20ClF2N3/c18-11-1-2-14-13(9-11)12-3-6-21-15(16(12)22-14)10-23-7-4-17(19,20)5-8-23/h1-2,9,15,21-22H,3-8,10H2. The number of benzene rings is 1. The summed E-state index contributed by atoms with van der Waals surface area (Å²) in [5, 5.41) is 5.45. The second kappa shape index (κ2) is 5.72. The van der Waals surface area contributed by atoms with Crippen molar-refractivity contribution in [1.29, 1.82) is 0 Å². The maximum Gasteiger partial charge on any atom is 0.250 e. The van der Waals surface area contributed by atoms with E-state index >= 15 is 0 Å². The number of aromatic amines is 1. The van der Waals surface area contributed by atoms with Crippen LogP contribution < -0.4 is 5.32 Å². The Hall–Kier alpha value is -1.17. The van der Waals surface area contributed by atoms with Crippen LogP contribution in [0.5, 0.6) is 0 Å². The Bertz CT molecular complexity index is 718. The number of H-pyrrole nitrogens is 1. The van der Waals surface area contributed by atoms with Crippen molar-refractivity contribution in [1.82, 2.24) is 15.2 Å². The van der Waals surface area contributed by atoms with E-state index in [0.29, 0.717) is 13.1 Å². The SMILES string of the molecule is FC1(F)CCN(CC2NCCc3c2[nH]c2ccc(Cl)cc32)CC1. The van der Waals surface area contributed by atoms with Gasteiger partial charge in [0.2, 0.25) is 0 Å². The molecule has 0 radical (unpaired) electrons. The fraction of sp³-hybridized carbons (Fsp3) is 0.529. The molecule has 2 aromatic rings. The molecular formula is C17H20ClF2N3. The van der Waals surface area contributed by atoms with Gasteiger partial charge in [0.25, 0.3) is 5.92 Å². The van der Waals surface area contributed by atoms with Gasteiger partial charge in [0.15, 0.2) is 0 Å². The van der Waals surface area contributed by atoms with Crippen LogP contribution in [0.2, 0.25) is 5.02 Å². The number of hydrogen-bond acceptors (Lipinski definition) is 2. The van der Waals surface area contributed by atoms with Crippen LogP contribution in [0.15, 0.2) is 18.2 Å². The van der Waals surface area contributed by atoms with E-state index in [1.165, 1.54) is 16.6 Å². The van der Waals surface area contributed by atoms with Gasteiger partial charge < -0.3 is 15.2 Å². The minimum atomic E-state index is -2.49. The molecule has 1 unspecified atom stereocenters.